The first-order valence-electron chi connectivity index (χ1n) is 11.5. The summed E-state index contributed by atoms with van der Waals surface area (Å²) in [4.78, 5) is 17.4. The molecule has 0 aliphatic carbocycles. The lowest BCUT2D eigenvalue weighted by Gasteiger charge is -2.09. The number of nitrogens with zero attached hydrogens (tertiary/aromatic N) is 5. The van der Waals surface area contributed by atoms with Crippen molar-refractivity contribution in [2.75, 3.05) is 5.32 Å². The molecule has 36 heavy (non-hydrogen) atoms. The van der Waals surface area contributed by atoms with Crippen LogP contribution in [0.3, 0.4) is 0 Å². The molecule has 1 amide bonds. The van der Waals surface area contributed by atoms with E-state index >= 15 is 0 Å². The molecule has 0 saturated carbocycles. The minimum atomic E-state index is -2.71. The molecule has 1 N–H and O–H groups in total. The Morgan fingerprint density at radius 2 is 1.81 bits per heavy atom. The Balaban J connectivity index is 1.39. The maximum absolute atomic E-state index is 14.0. The zero-order valence-corrected chi connectivity index (χ0v) is 19.8. The fourth-order valence-corrected chi connectivity index (χ4v) is 4.24. The Hall–Kier alpha value is -4.40. The van der Waals surface area contributed by atoms with Crippen molar-refractivity contribution in [2.24, 2.45) is 0 Å². The molecule has 9 heteroatoms. The van der Waals surface area contributed by atoms with Gasteiger partial charge in [0.2, 0.25) is 5.91 Å². The minimum absolute atomic E-state index is 0.152. The van der Waals surface area contributed by atoms with Gasteiger partial charge in [0.05, 0.1) is 35.2 Å². The van der Waals surface area contributed by atoms with E-state index in [-0.39, 0.29) is 29.0 Å². The lowest BCUT2D eigenvalue weighted by Crippen LogP contribution is -2.19. The third kappa shape index (κ3) is 4.72. The molecule has 0 radical (unpaired) electrons. The largest absolute Gasteiger partial charge is 0.322 e. The summed E-state index contributed by atoms with van der Waals surface area (Å²) in [5.41, 5.74) is 4.42. The number of amides is 1. The van der Waals surface area contributed by atoms with Crippen molar-refractivity contribution in [2.45, 2.75) is 33.4 Å². The summed E-state index contributed by atoms with van der Waals surface area (Å²) < 4.78 is 31.0. The predicted molar refractivity (Wildman–Crippen MR) is 134 cm³/mol. The Kier molecular flexibility index (Phi) is 6.28. The second-order valence-electron chi connectivity index (χ2n) is 8.61. The van der Waals surface area contributed by atoms with Crippen molar-refractivity contribution in [3.63, 3.8) is 0 Å². The van der Waals surface area contributed by atoms with E-state index in [0.29, 0.717) is 29.2 Å². The van der Waals surface area contributed by atoms with Gasteiger partial charge in [-0.15, -0.1) is 0 Å². The van der Waals surface area contributed by atoms with Gasteiger partial charge in [-0.25, -0.2) is 18.4 Å². The SMILES string of the molecule is Cc1ccccc1Cn1cc(NC(=O)Cn2nc(C)c3c(C(F)F)cc(-c4ccccc4)nc32)cn1. The smallest absolute Gasteiger partial charge is 0.264 e. The lowest BCUT2D eigenvalue weighted by molar-refractivity contribution is -0.116. The molecule has 3 aromatic heterocycles. The molecule has 0 spiro atoms. The highest BCUT2D eigenvalue weighted by Crippen LogP contribution is 2.33. The third-order valence-electron chi connectivity index (χ3n) is 6.02. The fourth-order valence-electron chi connectivity index (χ4n) is 4.24. The summed E-state index contributed by atoms with van der Waals surface area (Å²) >= 11 is 0. The lowest BCUT2D eigenvalue weighted by atomic mass is 10.1. The fraction of sp³-hybridized carbons (Fsp3) is 0.185. The van der Waals surface area contributed by atoms with E-state index in [9.17, 15) is 13.6 Å². The first kappa shape index (κ1) is 23.3. The van der Waals surface area contributed by atoms with E-state index in [2.05, 4.69) is 20.5 Å². The number of fused-ring (bicyclic) bond motifs is 1. The molecule has 5 rings (SSSR count). The molecule has 0 bridgehead atoms. The first-order chi connectivity index (χ1) is 17.4. The Morgan fingerprint density at radius 3 is 2.56 bits per heavy atom. The second kappa shape index (κ2) is 9.69. The molecular formula is C27H24F2N6O. The van der Waals surface area contributed by atoms with Gasteiger partial charge in [-0.1, -0.05) is 54.6 Å². The predicted octanol–water partition coefficient (Wildman–Crippen LogP) is 5.54. The van der Waals surface area contributed by atoms with Crippen molar-refractivity contribution < 1.29 is 13.6 Å². The highest BCUT2D eigenvalue weighted by atomic mass is 19.3. The minimum Gasteiger partial charge on any atom is -0.322 e. The van der Waals surface area contributed by atoms with E-state index in [4.69, 9.17) is 0 Å². The van der Waals surface area contributed by atoms with Gasteiger partial charge in [0.1, 0.15) is 6.54 Å². The van der Waals surface area contributed by atoms with Crippen LogP contribution < -0.4 is 5.32 Å². The number of hydrogen-bond donors (Lipinski definition) is 1. The highest BCUT2D eigenvalue weighted by Gasteiger charge is 2.22. The summed E-state index contributed by atoms with van der Waals surface area (Å²) in [5, 5.41) is 11.8. The van der Waals surface area contributed by atoms with Gasteiger partial charge in [0.25, 0.3) is 6.43 Å². The molecule has 0 unspecified atom stereocenters. The Labute approximate surface area is 206 Å². The normalized spacial score (nSPS) is 11.4. The zero-order chi connectivity index (χ0) is 25.2. The number of nitrogens with one attached hydrogen (secondary N) is 1. The molecule has 3 heterocycles. The number of carbonyl (C=O) groups is 1. The van der Waals surface area contributed by atoms with Gasteiger partial charge < -0.3 is 5.32 Å². The van der Waals surface area contributed by atoms with Crippen molar-refractivity contribution >= 4 is 22.6 Å². The third-order valence-corrected chi connectivity index (χ3v) is 6.02. The monoisotopic (exact) mass is 486 g/mol. The zero-order valence-electron chi connectivity index (χ0n) is 19.8. The van der Waals surface area contributed by atoms with Gasteiger partial charge in [-0.3, -0.25) is 9.48 Å². The van der Waals surface area contributed by atoms with Crippen LogP contribution in [-0.4, -0.2) is 30.5 Å². The number of anilines is 1. The van der Waals surface area contributed by atoms with Crippen molar-refractivity contribution in [3.05, 3.63) is 95.4 Å². The maximum atomic E-state index is 14.0. The Morgan fingerprint density at radius 1 is 1.06 bits per heavy atom. The summed E-state index contributed by atoms with van der Waals surface area (Å²) in [6, 6.07) is 18.5. The van der Waals surface area contributed by atoms with Crippen molar-refractivity contribution in [1.82, 2.24) is 24.5 Å². The number of halogens is 2. The van der Waals surface area contributed by atoms with Crippen LogP contribution in [-0.2, 0) is 17.9 Å². The quantitative estimate of drug-likeness (QED) is 0.328. The number of carbonyl (C=O) groups excluding carboxylic acids is 1. The van der Waals surface area contributed by atoms with Gasteiger partial charge in [-0.2, -0.15) is 10.2 Å². The molecule has 0 aliphatic rings. The summed E-state index contributed by atoms with van der Waals surface area (Å²) in [5.74, 6) is -0.361. The molecule has 0 fully saturated rings. The Bertz CT molecular complexity index is 1540. The number of pyridine rings is 1. The number of rotatable bonds is 7. The molecule has 2 aromatic carbocycles. The van der Waals surface area contributed by atoms with Gasteiger partial charge in [-0.05, 0) is 31.0 Å². The van der Waals surface area contributed by atoms with Crippen LogP contribution in [0.5, 0.6) is 0 Å². The summed E-state index contributed by atoms with van der Waals surface area (Å²) in [6.07, 6.45) is 0.614. The number of hydrogen-bond acceptors (Lipinski definition) is 4. The molecule has 0 saturated heterocycles. The van der Waals surface area contributed by atoms with E-state index in [1.807, 2.05) is 49.4 Å². The number of aryl methyl sites for hydroxylation is 2. The van der Waals surface area contributed by atoms with E-state index in [0.717, 1.165) is 11.1 Å². The highest BCUT2D eigenvalue weighted by molar-refractivity contribution is 5.92. The van der Waals surface area contributed by atoms with Crippen molar-refractivity contribution in [3.8, 4) is 11.3 Å². The average molecular weight is 487 g/mol. The van der Waals surface area contributed by atoms with Gasteiger partial charge >= 0.3 is 0 Å². The summed E-state index contributed by atoms with van der Waals surface area (Å²) in [6.45, 7) is 4.08. The van der Waals surface area contributed by atoms with Crippen LogP contribution in [0, 0.1) is 13.8 Å². The summed E-state index contributed by atoms with van der Waals surface area (Å²) in [7, 11) is 0. The first-order valence-corrected chi connectivity index (χ1v) is 11.5. The topological polar surface area (TPSA) is 77.6 Å². The van der Waals surface area contributed by atoms with Crippen molar-refractivity contribution in [1.29, 1.82) is 0 Å². The molecule has 7 nitrogen and oxygen atoms in total. The van der Waals surface area contributed by atoms with Crippen LogP contribution in [0.2, 0.25) is 0 Å². The van der Waals surface area contributed by atoms with Crippen LogP contribution >= 0.6 is 0 Å². The molecule has 0 aliphatic heterocycles. The van der Waals surface area contributed by atoms with Crippen LogP contribution in [0.15, 0.2) is 73.1 Å². The number of benzene rings is 2. The standard InChI is InChI=1S/C27H24F2N6O/c1-17-8-6-7-11-20(17)14-34-15-21(13-30-34)31-24(36)16-35-27-25(18(2)33-35)22(26(28)29)12-23(32-27)19-9-4-3-5-10-19/h3-13,15,26H,14,16H2,1-2H3,(H,31,36). The van der Waals surface area contributed by atoms with Crippen LogP contribution in [0.1, 0.15) is 28.8 Å². The van der Waals surface area contributed by atoms with Crippen LogP contribution in [0.25, 0.3) is 22.3 Å². The van der Waals surface area contributed by atoms with Crippen LogP contribution in [0.4, 0.5) is 14.5 Å². The number of aromatic nitrogens is 5. The van der Waals surface area contributed by atoms with Gasteiger partial charge in [0.15, 0.2) is 5.65 Å². The van der Waals surface area contributed by atoms with Gasteiger partial charge in [0, 0.05) is 17.3 Å². The van der Waals surface area contributed by atoms with E-state index in [1.54, 1.807) is 36.1 Å². The molecule has 0 atom stereocenters. The van der Waals surface area contributed by atoms with E-state index < -0.39 is 6.43 Å². The average Bonchev–Trinajstić information content (AvgIpc) is 3.43. The van der Waals surface area contributed by atoms with E-state index in [1.165, 1.54) is 10.7 Å². The number of alkyl halides is 2. The molecule has 5 aromatic rings. The molecular weight excluding hydrogens is 462 g/mol. The molecule has 182 valence electrons. The second-order valence-corrected chi connectivity index (χ2v) is 8.61. The maximum Gasteiger partial charge on any atom is 0.264 e.